The van der Waals surface area contributed by atoms with Crippen LogP contribution in [-0.4, -0.2) is 23.0 Å². The number of esters is 1. The number of hydrogen-bond acceptors (Lipinski definition) is 4. The van der Waals surface area contributed by atoms with Gasteiger partial charge in [0.2, 0.25) is 0 Å². The third-order valence-electron chi connectivity index (χ3n) is 2.23. The highest BCUT2D eigenvalue weighted by Gasteiger charge is 2.11. The summed E-state index contributed by atoms with van der Waals surface area (Å²) in [5, 5.41) is 0.263. The SMILES string of the molecule is COC(=O)c1ccc(-c2ccncc2)c(Cl)n1. The number of hydrogen-bond donors (Lipinski definition) is 0. The van der Waals surface area contributed by atoms with Gasteiger partial charge in [0, 0.05) is 18.0 Å². The van der Waals surface area contributed by atoms with Gasteiger partial charge in [-0.3, -0.25) is 4.98 Å². The molecule has 0 saturated carbocycles. The Labute approximate surface area is 103 Å². The number of carbonyl (C=O) groups excluding carboxylic acids is 1. The first-order valence-corrected chi connectivity index (χ1v) is 5.25. The zero-order valence-electron chi connectivity index (χ0n) is 9.05. The number of ether oxygens (including phenoxy) is 1. The molecule has 4 nitrogen and oxygen atoms in total. The highest BCUT2D eigenvalue weighted by molar-refractivity contribution is 6.32. The van der Waals surface area contributed by atoms with E-state index in [1.54, 1.807) is 24.5 Å². The van der Waals surface area contributed by atoms with Crippen molar-refractivity contribution >= 4 is 17.6 Å². The lowest BCUT2D eigenvalue weighted by Crippen LogP contribution is -2.04. The predicted octanol–water partition coefficient (Wildman–Crippen LogP) is 2.58. The molecular formula is C12H9ClN2O2. The van der Waals surface area contributed by atoms with E-state index >= 15 is 0 Å². The van der Waals surface area contributed by atoms with E-state index in [0.29, 0.717) is 0 Å². The summed E-state index contributed by atoms with van der Waals surface area (Å²) in [6.45, 7) is 0. The molecule has 2 aromatic rings. The molecule has 17 heavy (non-hydrogen) atoms. The van der Waals surface area contributed by atoms with E-state index in [1.807, 2.05) is 12.1 Å². The van der Waals surface area contributed by atoms with Crippen LogP contribution in [0.1, 0.15) is 10.5 Å². The Morgan fingerprint density at radius 3 is 2.53 bits per heavy atom. The number of carbonyl (C=O) groups is 1. The molecule has 0 atom stereocenters. The first-order chi connectivity index (χ1) is 8.22. The summed E-state index contributed by atoms with van der Waals surface area (Å²) in [6.07, 6.45) is 3.33. The number of methoxy groups -OCH3 is 1. The Balaban J connectivity index is 2.42. The summed E-state index contributed by atoms with van der Waals surface area (Å²) >= 11 is 6.03. The van der Waals surface area contributed by atoms with Gasteiger partial charge in [-0.1, -0.05) is 11.6 Å². The molecule has 0 spiro atoms. The van der Waals surface area contributed by atoms with Gasteiger partial charge in [-0.2, -0.15) is 0 Å². The van der Waals surface area contributed by atoms with Crippen LogP contribution in [0.4, 0.5) is 0 Å². The highest BCUT2D eigenvalue weighted by atomic mass is 35.5. The fourth-order valence-corrected chi connectivity index (χ4v) is 1.66. The summed E-state index contributed by atoms with van der Waals surface area (Å²) in [7, 11) is 1.30. The van der Waals surface area contributed by atoms with Crippen LogP contribution >= 0.6 is 11.6 Å². The van der Waals surface area contributed by atoms with E-state index in [4.69, 9.17) is 11.6 Å². The molecule has 5 heteroatoms. The first kappa shape index (κ1) is 11.5. The van der Waals surface area contributed by atoms with Crippen LogP contribution in [0.15, 0.2) is 36.7 Å². The van der Waals surface area contributed by atoms with E-state index in [0.717, 1.165) is 11.1 Å². The molecule has 0 bridgehead atoms. The van der Waals surface area contributed by atoms with Gasteiger partial charge in [-0.25, -0.2) is 9.78 Å². The van der Waals surface area contributed by atoms with Crippen LogP contribution in [-0.2, 0) is 4.74 Å². The maximum Gasteiger partial charge on any atom is 0.356 e. The standard InChI is InChI=1S/C12H9ClN2O2/c1-17-12(16)10-3-2-9(11(13)15-10)8-4-6-14-7-5-8/h2-7H,1H3. The molecule has 0 aliphatic carbocycles. The highest BCUT2D eigenvalue weighted by Crippen LogP contribution is 2.25. The lowest BCUT2D eigenvalue weighted by Gasteiger charge is -2.05. The molecule has 0 unspecified atom stereocenters. The Hall–Kier alpha value is -1.94. The van der Waals surface area contributed by atoms with Crippen molar-refractivity contribution in [1.29, 1.82) is 0 Å². The van der Waals surface area contributed by atoms with Crippen molar-refractivity contribution in [3.8, 4) is 11.1 Å². The molecule has 0 aromatic carbocycles. The second-order valence-electron chi connectivity index (χ2n) is 3.26. The smallest absolute Gasteiger partial charge is 0.356 e. The van der Waals surface area contributed by atoms with Crippen molar-refractivity contribution in [1.82, 2.24) is 9.97 Å². The molecule has 0 radical (unpaired) electrons. The Morgan fingerprint density at radius 2 is 1.94 bits per heavy atom. The average Bonchev–Trinajstić information content (AvgIpc) is 2.38. The molecule has 2 aromatic heterocycles. The van der Waals surface area contributed by atoms with E-state index < -0.39 is 5.97 Å². The fourth-order valence-electron chi connectivity index (χ4n) is 1.40. The molecule has 0 aliphatic rings. The van der Waals surface area contributed by atoms with Gasteiger partial charge >= 0.3 is 5.97 Å². The van der Waals surface area contributed by atoms with Gasteiger partial charge in [0.15, 0.2) is 0 Å². The second-order valence-corrected chi connectivity index (χ2v) is 3.62. The fraction of sp³-hybridized carbons (Fsp3) is 0.0833. The van der Waals surface area contributed by atoms with Crippen LogP contribution in [0.2, 0.25) is 5.15 Å². The van der Waals surface area contributed by atoms with Crippen LogP contribution < -0.4 is 0 Å². The van der Waals surface area contributed by atoms with Gasteiger partial charge in [-0.05, 0) is 29.8 Å². The summed E-state index contributed by atoms with van der Waals surface area (Å²) in [4.78, 5) is 19.2. The predicted molar refractivity (Wildman–Crippen MR) is 63.8 cm³/mol. The van der Waals surface area contributed by atoms with Gasteiger partial charge in [0.25, 0.3) is 0 Å². The van der Waals surface area contributed by atoms with Gasteiger partial charge < -0.3 is 4.74 Å². The summed E-state index contributed by atoms with van der Waals surface area (Å²) in [6, 6.07) is 6.95. The van der Waals surface area contributed by atoms with Crippen molar-refractivity contribution in [3.63, 3.8) is 0 Å². The van der Waals surface area contributed by atoms with E-state index in [-0.39, 0.29) is 10.8 Å². The normalized spacial score (nSPS) is 10.0. The van der Waals surface area contributed by atoms with Crippen LogP contribution in [0.5, 0.6) is 0 Å². The monoisotopic (exact) mass is 248 g/mol. The minimum atomic E-state index is -0.506. The van der Waals surface area contributed by atoms with Gasteiger partial charge in [0.1, 0.15) is 10.8 Å². The Kier molecular flexibility index (Phi) is 3.35. The maximum atomic E-state index is 11.3. The number of halogens is 1. The van der Waals surface area contributed by atoms with Gasteiger partial charge in [-0.15, -0.1) is 0 Å². The first-order valence-electron chi connectivity index (χ1n) is 4.87. The zero-order valence-corrected chi connectivity index (χ0v) is 9.81. The van der Waals surface area contributed by atoms with Crippen molar-refractivity contribution < 1.29 is 9.53 Å². The minimum absolute atomic E-state index is 0.190. The Morgan fingerprint density at radius 1 is 1.24 bits per heavy atom. The quantitative estimate of drug-likeness (QED) is 0.606. The Bertz CT molecular complexity index is 543. The van der Waals surface area contributed by atoms with E-state index in [9.17, 15) is 4.79 Å². The third kappa shape index (κ3) is 2.42. The summed E-state index contributed by atoms with van der Waals surface area (Å²) < 4.78 is 4.57. The second kappa shape index (κ2) is 4.93. The lowest BCUT2D eigenvalue weighted by atomic mass is 10.1. The van der Waals surface area contributed by atoms with Crippen LogP contribution in [0, 0.1) is 0 Å². The maximum absolute atomic E-state index is 11.3. The molecule has 2 rings (SSSR count). The van der Waals surface area contributed by atoms with Gasteiger partial charge in [0.05, 0.1) is 7.11 Å². The average molecular weight is 249 g/mol. The molecule has 0 fully saturated rings. The van der Waals surface area contributed by atoms with E-state index in [1.165, 1.54) is 7.11 Å². The van der Waals surface area contributed by atoms with Crippen molar-refractivity contribution in [2.45, 2.75) is 0 Å². The molecule has 0 N–H and O–H groups in total. The summed E-state index contributed by atoms with van der Waals surface area (Å²) in [5.41, 5.74) is 1.84. The minimum Gasteiger partial charge on any atom is -0.464 e. The van der Waals surface area contributed by atoms with Crippen LogP contribution in [0.25, 0.3) is 11.1 Å². The van der Waals surface area contributed by atoms with Crippen molar-refractivity contribution in [3.05, 3.63) is 47.5 Å². The topological polar surface area (TPSA) is 52.1 Å². The number of aromatic nitrogens is 2. The molecule has 0 aliphatic heterocycles. The lowest BCUT2D eigenvalue weighted by molar-refractivity contribution is 0.0594. The number of pyridine rings is 2. The molecule has 2 heterocycles. The molecular weight excluding hydrogens is 240 g/mol. The molecule has 0 saturated heterocycles. The largest absolute Gasteiger partial charge is 0.464 e. The summed E-state index contributed by atoms with van der Waals surface area (Å²) in [5.74, 6) is -0.506. The van der Waals surface area contributed by atoms with Crippen molar-refractivity contribution in [2.24, 2.45) is 0 Å². The van der Waals surface area contributed by atoms with E-state index in [2.05, 4.69) is 14.7 Å². The molecule has 0 amide bonds. The van der Waals surface area contributed by atoms with Crippen molar-refractivity contribution in [2.75, 3.05) is 7.11 Å². The zero-order chi connectivity index (χ0) is 12.3. The number of nitrogens with zero attached hydrogens (tertiary/aromatic N) is 2. The van der Waals surface area contributed by atoms with Crippen LogP contribution in [0.3, 0.4) is 0 Å². The molecule has 86 valence electrons. The number of rotatable bonds is 2. The third-order valence-corrected chi connectivity index (χ3v) is 2.52.